The van der Waals surface area contributed by atoms with Crippen LogP contribution in [0.1, 0.15) is 11.1 Å². The van der Waals surface area contributed by atoms with E-state index >= 15 is 0 Å². The average molecular weight is 421 g/mol. The van der Waals surface area contributed by atoms with E-state index < -0.39 is 0 Å². The smallest absolute Gasteiger partial charge is 0.140 e. The summed E-state index contributed by atoms with van der Waals surface area (Å²) in [6, 6.07) is 5.33. The molecule has 1 atom stereocenters. The van der Waals surface area contributed by atoms with E-state index in [1.165, 1.54) is 0 Å². The molecule has 4 heteroatoms. The summed E-state index contributed by atoms with van der Waals surface area (Å²) in [5.74, 6) is 0.291. The van der Waals surface area contributed by atoms with Crippen molar-refractivity contribution in [1.82, 2.24) is 0 Å². The number of rotatable bonds is 3. The first kappa shape index (κ1) is 13.4. The zero-order valence-electron chi connectivity index (χ0n) is 8.99. The Kier molecular flexibility index (Phi) is 4.61. The topological polar surface area (TPSA) is 42.0 Å². The molecule has 1 radical (unpaired) electrons. The quantitative estimate of drug-likeness (QED) is 0.754. The molecule has 0 aromatic heterocycles. The largest absolute Gasteiger partial charge is 0.508 e. The van der Waals surface area contributed by atoms with Gasteiger partial charge in [-0.25, -0.2) is 0 Å². The summed E-state index contributed by atoms with van der Waals surface area (Å²) >= 11 is 0. The molecular formula is C11H14AcO3. The standard InChI is InChI=1S/C11H14O3.Ac/c1-8-5-9(12)3-4-10(8)11(6-13-2)7-14-11;/h3-5,12H,6-7H2,1-2H3;. The summed E-state index contributed by atoms with van der Waals surface area (Å²) in [4.78, 5) is 0. The molecule has 2 rings (SSSR count). The number of benzene rings is 1. The molecule has 3 nitrogen and oxygen atoms in total. The minimum atomic E-state index is -0.257. The third-order valence-electron chi connectivity index (χ3n) is 2.57. The van der Waals surface area contributed by atoms with E-state index in [0.717, 1.165) is 11.1 Å². The van der Waals surface area contributed by atoms with Crippen LogP contribution in [0, 0.1) is 51.0 Å². The molecule has 79 valence electrons. The van der Waals surface area contributed by atoms with Gasteiger partial charge in [0.25, 0.3) is 0 Å². The summed E-state index contributed by atoms with van der Waals surface area (Å²) in [5, 5.41) is 9.28. The van der Waals surface area contributed by atoms with Gasteiger partial charge in [0.1, 0.15) is 11.4 Å². The van der Waals surface area contributed by atoms with E-state index in [0.29, 0.717) is 19.0 Å². The first-order valence-electron chi connectivity index (χ1n) is 4.61. The number of methoxy groups -OCH3 is 1. The van der Waals surface area contributed by atoms with Crippen LogP contribution in [0.4, 0.5) is 0 Å². The molecule has 1 fully saturated rings. The molecule has 1 unspecified atom stereocenters. The van der Waals surface area contributed by atoms with Crippen LogP contribution in [-0.2, 0) is 15.1 Å². The van der Waals surface area contributed by atoms with E-state index in [-0.39, 0.29) is 49.7 Å². The number of aryl methyl sites for hydroxylation is 1. The molecular weight excluding hydrogens is 407 g/mol. The molecule has 15 heavy (non-hydrogen) atoms. The van der Waals surface area contributed by atoms with Gasteiger partial charge in [-0.2, -0.15) is 0 Å². The fourth-order valence-corrected chi connectivity index (χ4v) is 1.80. The fraction of sp³-hybridized carbons (Fsp3) is 0.455. The molecule has 1 heterocycles. The SMILES string of the molecule is COCC1(c2ccc(O)cc2C)CO1.[Ac]. The zero-order valence-corrected chi connectivity index (χ0v) is 13.7. The molecule has 0 amide bonds. The van der Waals surface area contributed by atoms with Crippen LogP contribution in [0.3, 0.4) is 0 Å². The van der Waals surface area contributed by atoms with E-state index in [1.54, 1.807) is 19.2 Å². The van der Waals surface area contributed by atoms with Crippen molar-refractivity contribution >= 4 is 0 Å². The molecule has 1 aliphatic rings. The van der Waals surface area contributed by atoms with Crippen LogP contribution < -0.4 is 0 Å². The van der Waals surface area contributed by atoms with Crippen LogP contribution in [0.15, 0.2) is 18.2 Å². The van der Waals surface area contributed by atoms with Gasteiger partial charge in [0.15, 0.2) is 0 Å². The maximum atomic E-state index is 9.28. The Morgan fingerprint density at radius 3 is 2.67 bits per heavy atom. The molecule has 1 aliphatic heterocycles. The van der Waals surface area contributed by atoms with Gasteiger partial charge in [0.05, 0.1) is 13.2 Å². The summed E-state index contributed by atoms with van der Waals surface area (Å²) in [7, 11) is 1.67. The normalized spacial score (nSPS) is 23.3. The van der Waals surface area contributed by atoms with Crippen LogP contribution in [0.25, 0.3) is 0 Å². The van der Waals surface area contributed by atoms with Gasteiger partial charge in [-0.15, -0.1) is 0 Å². The second kappa shape index (κ2) is 5.14. The van der Waals surface area contributed by atoms with E-state index in [9.17, 15) is 5.11 Å². The predicted molar refractivity (Wildman–Crippen MR) is 52.3 cm³/mol. The number of epoxide rings is 1. The second-order valence-electron chi connectivity index (χ2n) is 3.72. The second-order valence-corrected chi connectivity index (χ2v) is 3.72. The minimum absolute atomic E-state index is 0. The van der Waals surface area contributed by atoms with Gasteiger partial charge < -0.3 is 14.6 Å². The van der Waals surface area contributed by atoms with E-state index in [4.69, 9.17) is 9.47 Å². The molecule has 1 N–H and O–H groups in total. The van der Waals surface area contributed by atoms with Crippen molar-refractivity contribution in [3.05, 3.63) is 29.3 Å². The Hall–Kier alpha value is 0.382. The zero-order chi connectivity index (χ0) is 10.2. The third kappa shape index (κ3) is 2.74. The molecule has 1 saturated heterocycles. The Bertz CT molecular complexity index is 348. The Morgan fingerprint density at radius 2 is 2.20 bits per heavy atom. The van der Waals surface area contributed by atoms with Crippen molar-refractivity contribution < 1.29 is 58.6 Å². The van der Waals surface area contributed by atoms with Crippen molar-refractivity contribution in [3.8, 4) is 5.75 Å². The fourth-order valence-electron chi connectivity index (χ4n) is 1.80. The Morgan fingerprint density at radius 1 is 1.53 bits per heavy atom. The number of aromatic hydroxyl groups is 1. The first-order chi connectivity index (χ1) is 6.68. The Balaban J connectivity index is 0.00000112. The molecule has 1 aromatic rings. The van der Waals surface area contributed by atoms with Crippen molar-refractivity contribution in [3.63, 3.8) is 0 Å². The number of phenols is 1. The van der Waals surface area contributed by atoms with Crippen LogP contribution in [0.2, 0.25) is 0 Å². The maximum absolute atomic E-state index is 9.28. The number of hydrogen-bond donors (Lipinski definition) is 1. The van der Waals surface area contributed by atoms with Crippen LogP contribution in [-0.4, -0.2) is 25.4 Å². The van der Waals surface area contributed by atoms with Gasteiger partial charge in [0, 0.05) is 51.2 Å². The summed E-state index contributed by atoms with van der Waals surface area (Å²) in [5.41, 5.74) is 1.89. The maximum Gasteiger partial charge on any atom is 0.140 e. The van der Waals surface area contributed by atoms with Crippen molar-refractivity contribution in [2.45, 2.75) is 12.5 Å². The van der Waals surface area contributed by atoms with E-state index in [1.807, 2.05) is 13.0 Å². The molecule has 0 spiro atoms. The average Bonchev–Trinajstić information content (AvgIpc) is 2.86. The minimum Gasteiger partial charge on any atom is -0.508 e. The third-order valence-corrected chi connectivity index (χ3v) is 2.57. The first-order valence-corrected chi connectivity index (χ1v) is 4.61. The van der Waals surface area contributed by atoms with Gasteiger partial charge >= 0.3 is 0 Å². The number of phenolic OH excluding ortho intramolecular Hbond substituents is 1. The summed E-state index contributed by atoms with van der Waals surface area (Å²) in [6.45, 7) is 3.24. The number of ether oxygens (including phenoxy) is 2. The Labute approximate surface area is 125 Å². The van der Waals surface area contributed by atoms with Crippen molar-refractivity contribution in [1.29, 1.82) is 0 Å². The van der Waals surface area contributed by atoms with Crippen LogP contribution in [0.5, 0.6) is 5.75 Å². The summed E-state index contributed by atoms with van der Waals surface area (Å²) < 4.78 is 10.6. The molecule has 0 aliphatic carbocycles. The van der Waals surface area contributed by atoms with E-state index in [2.05, 4.69) is 0 Å². The van der Waals surface area contributed by atoms with Crippen molar-refractivity contribution in [2.75, 3.05) is 20.3 Å². The molecule has 0 saturated carbocycles. The van der Waals surface area contributed by atoms with Gasteiger partial charge in [0.2, 0.25) is 0 Å². The van der Waals surface area contributed by atoms with Gasteiger partial charge in [-0.1, -0.05) is 6.07 Å². The number of hydrogen-bond acceptors (Lipinski definition) is 3. The monoisotopic (exact) mass is 421 g/mol. The summed E-state index contributed by atoms with van der Waals surface area (Å²) in [6.07, 6.45) is 0. The van der Waals surface area contributed by atoms with Gasteiger partial charge in [-0.3, -0.25) is 0 Å². The molecule has 1 aromatic carbocycles. The van der Waals surface area contributed by atoms with Gasteiger partial charge in [-0.05, 0) is 30.2 Å². The predicted octanol–water partition coefficient (Wildman–Crippen LogP) is 1.57. The van der Waals surface area contributed by atoms with Crippen molar-refractivity contribution in [2.24, 2.45) is 0 Å². The molecule has 0 bridgehead atoms. The van der Waals surface area contributed by atoms with Crippen LogP contribution >= 0.6 is 0 Å².